The van der Waals surface area contributed by atoms with Gasteiger partial charge in [-0.05, 0) is 25.2 Å². The van der Waals surface area contributed by atoms with E-state index in [1.54, 1.807) is 18.4 Å². The molecule has 11 nitrogen and oxygen atoms in total. The molecule has 0 aliphatic heterocycles. The number of carboxylic acid groups (broad SMARTS) is 3. The molecule has 2 amide bonds. The summed E-state index contributed by atoms with van der Waals surface area (Å²) < 4.78 is 0. The van der Waals surface area contributed by atoms with Gasteiger partial charge in [-0.25, -0.2) is 4.79 Å². The lowest BCUT2D eigenvalue weighted by molar-refractivity contribution is -0.143. The van der Waals surface area contributed by atoms with Crippen LogP contribution in [-0.2, 0) is 24.0 Å². The summed E-state index contributed by atoms with van der Waals surface area (Å²) in [6.07, 6.45) is 0.586. The van der Waals surface area contributed by atoms with Gasteiger partial charge < -0.3 is 31.7 Å². The van der Waals surface area contributed by atoms with Gasteiger partial charge in [0.25, 0.3) is 0 Å². The zero-order chi connectivity index (χ0) is 21.7. The Morgan fingerprint density at radius 1 is 0.964 bits per heavy atom. The summed E-state index contributed by atoms with van der Waals surface area (Å²) in [5.74, 6) is -5.16. The highest BCUT2D eigenvalue weighted by molar-refractivity contribution is 8.02. The van der Waals surface area contributed by atoms with Crippen LogP contribution in [0.1, 0.15) is 32.6 Å². The summed E-state index contributed by atoms with van der Waals surface area (Å²) in [6, 6.07) is -3.74. The Labute approximate surface area is 165 Å². The normalized spacial score (nSPS) is 14.1. The van der Waals surface area contributed by atoms with Crippen molar-refractivity contribution < 1.29 is 39.3 Å². The first kappa shape index (κ1) is 25.4. The van der Waals surface area contributed by atoms with Crippen molar-refractivity contribution in [1.29, 1.82) is 0 Å². The third-order valence-electron chi connectivity index (χ3n) is 3.41. The molecule has 3 atom stereocenters. The van der Waals surface area contributed by atoms with E-state index in [0.29, 0.717) is 0 Å². The number of thioether (sulfide) groups is 1. The number of amides is 2. The minimum absolute atomic E-state index is 0.0954. The summed E-state index contributed by atoms with van der Waals surface area (Å²) >= 11 is 1.20. The van der Waals surface area contributed by atoms with Gasteiger partial charge in [0.2, 0.25) is 11.8 Å². The van der Waals surface area contributed by atoms with Crippen LogP contribution in [-0.4, -0.2) is 68.9 Å². The molecule has 0 aromatic carbocycles. The molecule has 0 bridgehead atoms. The van der Waals surface area contributed by atoms with Crippen LogP contribution in [0.4, 0.5) is 0 Å². The molecule has 7 N–H and O–H groups in total. The summed E-state index contributed by atoms with van der Waals surface area (Å²) in [5.41, 5.74) is 5.33. The van der Waals surface area contributed by atoms with Crippen molar-refractivity contribution in [2.45, 2.75) is 50.7 Å². The van der Waals surface area contributed by atoms with E-state index in [2.05, 4.69) is 10.6 Å². The van der Waals surface area contributed by atoms with E-state index in [1.165, 1.54) is 11.8 Å². The Morgan fingerprint density at radius 3 is 2.11 bits per heavy atom. The fourth-order valence-electron chi connectivity index (χ4n) is 1.90. The van der Waals surface area contributed by atoms with E-state index in [-0.39, 0.29) is 25.0 Å². The highest BCUT2D eigenvalue weighted by Crippen LogP contribution is 2.07. The van der Waals surface area contributed by atoms with Crippen LogP contribution in [0.2, 0.25) is 0 Å². The topological polar surface area (TPSA) is 196 Å². The first-order chi connectivity index (χ1) is 13.1. The number of nitrogens with two attached hydrogens (primary N) is 1. The van der Waals surface area contributed by atoms with Crippen molar-refractivity contribution >= 4 is 41.5 Å². The summed E-state index contributed by atoms with van der Waals surface area (Å²) in [5, 5.41) is 32.8. The van der Waals surface area contributed by atoms with Crippen LogP contribution in [0.15, 0.2) is 11.5 Å². The van der Waals surface area contributed by atoms with Crippen molar-refractivity contribution in [3.8, 4) is 0 Å². The molecule has 0 aromatic rings. The minimum atomic E-state index is -1.42. The van der Waals surface area contributed by atoms with Crippen LogP contribution >= 0.6 is 11.8 Å². The number of carbonyl (C=O) groups is 5. The Kier molecular flexibility index (Phi) is 12.3. The molecule has 0 rings (SSSR count). The third-order valence-corrected chi connectivity index (χ3v) is 4.40. The molecule has 0 spiro atoms. The first-order valence-electron chi connectivity index (χ1n) is 8.34. The van der Waals surface area contributed by atoms with Crippen molar-refractivity contribution in [3.63, 3.8) is 0 Å². The first-order valence-corrected chi connectivity index (χ1v) is 9.38. The number of aliphatic carboxylic acids is 3. The summed E-state index contributed by atoms with van der Waals surface area (Å²) in [7, 11) is 0. The van der Waals surface area contributed by atoms with Crippen LogP contribution < -0.4 is 16.4 Å². The number of hydrogen-bond acceptors (Lipinski definition) is 7. The molecule has 12 heteroatoms. The van der Waals surface area contributed by atoms with E-state index in [0.717, 1.165) is 0 Å². The van der Waals surface area contributed by atoms with E-state index >= 15 is 0 Å². The number of allylic oxidation sites excluding steroid dienone is 1. The zero-order valence-corrected chi connectivity index (χ0v) is 16.1. The van der Waals surface area contributed by atoms with Gasteiger partial charge in [-0.3, -0.25) is 19.2 Å². The lowest BCUT2D eigenvalue weighted by Gasteiger charge is -2.21. The van der Waals surface area contributed by atoms with Gasteiger partial charge >= 0.3 is 17.9 Å². The van der Waals surface area contributed by atoms with E-state index in [4.69, 9.17) is 21.1 Å². The lowest BCUT2D eigenvalue weighted by atomic mass is 10.1. The van der Waals surface area contributed by atoms with Crippen LogP contribution in [0.25, 0.3) is 0 Å². The van der Waals surface area contributed by atoms with Gasteiger partial charge in [-0.1, -0.05) is 6.08 Å². The molecule has 0 aliphatic carbocycles. The fraction of sp³-hybridized carbons (Fsp3) is 0.562. The predicted molar refractivity (Wildman–Crippen MR) is 100 cm³/mol. The number of hydrogen-bond donors (Lipinski definition) is 6. The molecular weight excluding hydrogens is 394 g/mol. The van der Waals surface area contributed by atoms with Crippen molar-refractivity contribution in [2.75, 3.05) is 5.75 Å². The summed E-state index contributed by atoms with van der Waals surface area (Å²) in [4.78, 5) is 56.9. The van der Waals surface area contributed by atoms with Crippen LogP contribution in [0.5, 0.6) is 0 Å². The Hall–Kier alpha value is -2.60. The highest BCUT2D eigenvalue weighted by atomic mass is 32.2. The largest absolute Gasteiger partial charge is 0.481 e. The standard InChI is InChI=1S/C16H25N3O8S/c1-2-7-28-8-11(18-12(20)5-3-9(17)15(24)25)14(23)19-10(16(26)27)4-6-13(21)22/h2,7,9-11H,3-6,8,17H2,1H3,(H,18,20)(H,19,23)(H,21,22)(H,24,25)(H,26,27)/b7-2+/t9-,10-,11-/m0/s1. The highest BCUT2D eigenvalue weighted by Gasteiger charge is 2.27. The van der Waals surface area contributed by atoms with Crippen LogP contribution in [0, 0.1) is 0 Å². The number of nitrogens with one attached hydrogen (secondary N) is 2. The molecule has 158 valence electrons. The Balaban J connectivity index is 4.96. The second-order valence-electron chi connectivity index (χ2n) is 5.74. The molecule has 0 saturated heterocycles. The van der Waals surface area contributed by atoms with Gasteiger partial charge in [-0.2, -0.15) is 0 Å². The Morgan fingerprint density at radius 2 is 1.61 bits per heavy atom. The fourth-order valence-corrected chi connectivity index (χ4v) is 2.64. The third kappa shape index (κ3) is 11.2. The van der Waals surface area contributed by atoms with Gasteiger partial charge in [0.15, 0.2) is 0 Å². The van der Waals surface area contributed by atoms with Gasteiger partial charge in [0, 0.05) is 18.6 Å². The summed E-state index contributed by atoms with van der Waals surface area (Å²) in [6.45, 7) is 1.75. The molecule has 0 aliphatic rings. The van der Waals surface area contributed by atoms with Gasteiger partial charge in [0.05, 0.1) is 0 Å². The molecule has 28 heavy (non-hydrogen) atoms. The van der Waals surface area contributed by atoms with E-state index < -0.39 is 54.3 Å². The van der Waals surface area contributed by atoms with Gasteiger partial charge in [0.1, 0.15) is 18.1 Å². The number of rotatable bonds is 14. The second kappa shape index (κ2) is 13.6. The average Bonchev–Trinajstić information content (AvgIpc) is 2.61. The van der Waals surface area contributed by atoms with Gasteiger partial charge in [-0.15, -0.1) is 11.8 Å². The molecular formula is C16H25N3O8S. The maximum atomic E-state index is 12.4. The number of carbonyl (C=O) groups excluding carboxylic acids is 2. The smallest absolute Gasteiger partial charge is 0.326 e. The predicted octanol–water partition coefficient (Wildman–Crippen LogP) is -0.636. The number of carboxylic acids is 3. The second-order valence-corrected chi connectivity index (χ2v) is 6.68. The average molecular weight is 419 g/mol. The van der Waals surface area contributed by atoms with Crippen molar-refractivity contribution in [2.24, 2.45) is 5.73 Å². The lowest BCUT2D eigenvalue weighted by Crippen LogP contribution is -2.52. The monoisotopic (exact) mass is 419 g/mol. The maximum absolute atomic E-state index is 12.4. The minimum Gasteiger partial charge on any atom is -0.481 e. The van der Waals surface area contributed by atoms with Crippen LogP contribution in [0.3, 0.4) is 0 Å². The molecule has 0 unspecified atom stereocenters. The zero-order valence-electron chi connectivity index (χ0n) is 15.3. The maximum Gasteiger partial charge on any atom is 0.326 e. The molecule has 0 heterocycles. The quantitative estimate of drug-likeness (QED) is 0.211. The van der Waals surface area contributed by atoms with E-state index in [9.17, 15) is 24.0 Å². The molecule has 0 saturated carbocycles. The molecule has 0 aromatic heterocycles. The van der Waals surface area contributed by atoms with Crippen molar-refractivity contribution in [1.82, 2.24) is 10.6 Å². The van der Waals surface area contributed by atoms with E-state index in [1.807, 2.05) is 0 Å². The van der Waals surface area contributed by atoms with Crippen molar-refractivity contribution in [3.05, 3.63) is 11.5 Å². The SMILES string of the molecule is C/C=C/SC[C@H](NC(=O)CC[C@H](N)C(=O)O)C(=O)N[C@@H](CCC(=O)O)C(=O)O. The Bertz CT molecular complexity index is 611. The molecule has 0 fully saturated rings. The molecule has 0 radical (unpaired) electrons.